The summed E-state index contributed by atoms with van der Waals surface area (Å²) >= 11 is 6.44. The first-order chi connectivity index (χ1) is 17.0. The number of ether oxygens (including phenoxy) is 1. The van der Waals surface area contributed by atoms with E-state index in [1.54, 1.807) is 32.0 Å². The summed E-state index contributed by atoms with van der Waals surface area (Å²) in [5.41, 5.74) is 1.91. The fourth-order valence-electron chi connectivity index (χ4n) is 3.68. The topological polar surface area (TPSA) is 103 Å². The van der Waals surface area contributed by atoms with Gasteiger partial charge in [-0.15, -0.1) is 0 Å². The Kier molecular flexibility index (Phi) is 7.31. The minimum Gasteiger partial charge on any atom is -0.424 e. The average Bonchev–Trinajstić information content (AvgIpc) is 2.83. The van der Waals surface area contributed by atoms with Gasteiger partial charge in [0, 0.05) is 17.5 Å². The molecule has 186 valence electrons. The van der Waals surface area contributed by atoms with Crippen molar-refractivity contribution in [2.24, 2.45) is 5.92 Å². The van der Waals surface area contributed by atoms with Gasteiger partial charge in [-0.3, -0.25) is 0 Å². The summed E-state index contributed by atoms with van der Waals surface area (Å²) in [5.74, 6) is -1.33. The van der Waals surface area contributed by atoms with Crippen molar-refractivity contribution in [1.82, 2.24) is 4.72 Å². The number of hydrogen-bond acceptors (Lipinski definition) is 6. The second-order valence-electron chi connectivity index (χ2n) is 8.70. The molecule has 0 amide bonds. The Bertz CT molecular complexity index is 1580. The minimum atomic E-state index is -3.99. The Morgan fingerprint density at radius 3 is 2.31 bits per heavy atom. The van der Waals surface area contributed by atoms with E-state index in [9.17, 15) is 18.0 Å². The number of rotatable bonds is 7. The lowest BCUT2D eigenvalue weighted by atomic mass is 10.0. The van der Waals surface area contributed by atoms with Crippen LogP contribution in [0, 0.1) is 12.8 Å². The highest BCUT2D eigenvalue weighted by Crippen LogP contribution is 2.35. The Morgan fingerprint density at radius 1 is 1.00 bits per heavy atom. The van der Waals surface area contributed by atoms with Crippen molar-refractivity contribution in [2.45, 2.75) is 31.7 Å². The Balaban J connectivity index is 1.66. The van der Waals surface area contributed by atoms with E-state index >= 15 is 0 Å². The molecule has 0 aliphatic heterocycles. The zero-order valence-electron chi connectivity index (χ0n) is 19.8. The van der Waals surface area contributed by atoms with Gasteiger partial charge in [0.25, 0.3) is 0 Å². The predicted octanol–water partition coefficient (Wildman–Crippen LogP) is 5.33. The summed E-state index contributed by atoms with van der Waals surface area (Å²) in [6, 6.07) is 18.6. The molecule has 3 aromatic carbocycles. The molecule has 0 saturated carbocycles. The molecule has 36 heavy (non-hydrogen) atoms. The molecule has 0 spiro atoms. The molecule has 7 nitrogen and oxygen atoms in total. The predicted molar refractivity (Wildman–Crippen MR) is 139 cm³/mol. The largest absolute Gasteiger partial charge is 0.424 e. The minimum absolute atomic E-state index is 0.0329. The standard InChI is InChI=1S/C27H24ClNO6S/c1-16(2)26(29-36(32,33)19-11-9-17(3)10-12-19)27(31)35-24-15-23-21(13-22(24)28)20(14-25(30)34-23)18-7-5-4-6-8-18/h4-16,26,29H,1-3H3. The first-order valence-corrected chi connectivity index (χ1v) is 13.0. The van der Waals surface area contributed by atoms with E-state index in [0.29, 0.717) is 10.9 Å². The lowest BCUT2D eigenvalue weighted by Gasteiger charge is -2.21. The summed E-state index contributed by atoms with van der Waals surface area (Å²) in [4.78, 5) is 25.3. The molecule has 0 bridgehead atoms. The number of sulfonamides is 1. The molecule has 1 N–H and O–H groups in total. The number of benzene rings is 3. The van der Waals surface area contributed by atoms with E-state index in [-0.39, 0.29) is 21.3 Å². The van der Waals surface area contributed by atoms with Gasteiger partial charge >= 0.3 is 11.6 Å². The molecular formula is C27H24ClNO6S. The molecule has 1 heterocycles. The van der Waals surface area contributed by atoms with Gasteiger partial charge < -0.3 is 9.15 Å². The van der Waals surface area contributed by atoms with E-state index in [1.807, 2.05) is 37.3 Å². The normalized spacial score (nSPS) is 12.6. The van der Waals surface area contributed by atoms with Crippen LogP contribution in [0.25, 0.3) is 22.1 Å². The zero-order chi connectivity index (χ0) is 26.0. The monoisotopic (exact) mass is 525 g/mol. The molecule has 9 heteroatoms. The lowest BCUT2D eigenvalue weighted by Crippen LogP contribution is -2.46. The number of nitrogens with one attached hydrogen (secondary N) is 1. The first-order valence-electron chi connectivity index (χ1n) is 11.2. The summed E-state index contributed by atoms with van der Waals surface area (Å²) in [6.07, 6.45) is 0. The van der Waals surface area contributed by atoms with Crippen LogP contribution in [0.15, 0.2) is 86.9 Å². The van der Waals surface area contributed by atoms with Crippen LogP contribution in [0.4, 0.5) is 0 Å². The van der Waals surface area contributed by atoms with Crippen LogP contribution in [0.1, 0.15) is 19.4 Å². The Hall–Kier alpha value is -3.46. The van der Waals surface area contributed by atoms with Gasteiger partial charge in [-0.05, 0) is 42.2 Å². The second kappa shape index (κ2) is 10.3. The third kappa shape index (κ3) is 5.51. The Labute approximate surface area is 213 Å². The van der Waals surface area contributed by atoms with Crippen molar-refractivity contribution >= 4 is 38.6 Å². The number of halogens is 1. The Morgan fingerprint density at radius 2 is 1.67 bits per heavy atom. The lowest BCUT2D eigenvalue weighted by molar-refractivity contribution is -0.137. The highest BCUT2D eigenvalue weighted by atomic mass is 35.5. The molecule has 0 radical (unpaired) electrons. The van der Waals surface area contributed by atoms with E-state index < -0.39 is 33.6 Å². The van der Waals surface area contributed by atoms with Crippen molar-refractivity contribution < 1.29 is 22.4 Å². The smallest absolute Gasteiger partial charge is 0.336 e. The number of fused-ring (bicyclic) bond motifs is 1. The van der Waals surface area contributed by atoms with Gasteiger partial charge in [0.2, 0.25) is 10.0 Å². The molecule has 1 aromatic heterocycles. The van der Waals surface area contributed by atoms with Crippen LogP contribution in [-0.4, -0.2) is 20.4 Å². The molecule has 1 atom stereocenters. The van der Waals surface area contributed by atoms with Gasteiger partial charge in [-0.25, -0.2) is 18.0 Å². The van der Waals surface area contributed by atoms with E-state index in [1.165, 1.54) is 24.3 Å². The van der Waals surface area contributed by atoms with E-state index in [0.717, 1.165) is 11.1 Å². The fraction of sp³-hybridized carbons (Fsp3) is 0.185. The molecule has 4 aromatic rings. The van der Waals surface area contributed by atoms with Crippen LogP contribution < -0.4 is 15.1 Å². The molecular weight excluding hydrogens is 502 g/mol. The molecule has 0 saturated heterocycles. The second-order valence-corrected chi connectivity index (χ2v) is 10.8. The SMILES string of the molecule is Cc1ccc(S(=O)(=O)NC(C(=O)Oc2cc3oc(=O)cc(-c4ccccc4)c3cc2Cl)C(C)C)cc1. The number of hydrogen-bond donors (Lipinski definition) is 1. The maximum atomic E-state index is 13.1. The summed E-state index contributed by atoms with van der Waals surface area (Å²) in [6.45, 7) is 5.23. The quantitative estimate of drug-likeness (QED) is 0.199. The van der Waals surface area contributed by atoms with Crippen molar-refractivity contribution in [3.8, 4) is 16.9 Å². The molecule has 4 rings (SSSR count). The number of carbonyl (C=O) groups excluding carboxylic acids is 1. The maximum absolute atomic E-state index is 13.1. The third-order valence-electron chi connectivity index (χ3n) is 5.63. The first kappa shape index (κ1) is 25.6. The van der Waals surface area contributed by atoms with Crippen LogP contribution in [0.3, 0.4) is 0 Å². The van der Waals surface area contributed by atoms with Crippen LogP contribution in [-0.2, 0) is 14.8 Å². The summed E-state index contributed by atoms with van der Waals surface area (Å²) in [7, 11) is -3.99. The van der Waals surface area contributed by atoms with Crippen LogP contribution in [0.2, 0.25) is 5.02 Å². The van der Waals surface area contributed by atoms with Crippen molar-refractivity contribution in [2.75, 3.05) is 0 Å². The van der Waals surface area contributed by atoms with Crippen LogP contribution in [0.5, 0.6) is 5.75 Å². The molecule has 0 aliphatic rings. The van der Waals surface area contributed by atoms with Crippen molar-refractivity contribution in [1.29, 1.82) is 0 Å². The maximum Gasteiger partial charge on any atom is 0.336 e. The highest BCUT2D eigenvalue weighted by Gasteiger charge is 2.30. The van der Waals surface area contributed by atoms with Gasteiger partial charge in [-0.1, -0.05) is 73.5 Å². The van der Waals surface area contributed by atoms with Crippen molar-refractivity contribution in [3.05, 3.63) is 93.8 Å². The molecule has 0 aliphatic carbocycles. The number of carbonyl (C=O) groups is 1. The van der Waals surface area contributed by atoms with Gasteiger partial charge in [-0.2, -0.15) is 4.72 Å². The van der Waals surface area contributed by atoms with Crippen molar-refractivity contribution in [3.63, 3.8) is 0 Å². The summed E-state index contributed by atoms with van der Waals surface area (Å²) < 4.78 is 39.0. The van der Waals surface area contributed by atoms with Gasteiger partial charge in [0.05, 0.1) is 9.92 Å². The van der Waals surface area contributed by atoms with E-state index in [4.69, 9.17) is 20.8 Å². The summed E-state index contributed by atoms with van der Waals surface area (Å²) in [5, 5.41) is 0.664. The van der Waals surface area contributed by atoms with E-state index in [2.05, 4.69) is 4.72 Å². The highest BCUT2D eigenvalue weighted by molar-refractivity contribution is 7.89. The van der Waals surface area contributed by atoms with Gasteiger partial charge in [0.15, 0.2) is 5.75 Å². The number of esters is 1. The average molecular weight is 526 g/mol. The zero-order valence-corrected chi connectivity index (χ0v) is 21.4. The van der Waals surface area contributed by atoms with Crippen LogP contribution >= 0.6 is 11.6 Å². The fourth-order valence-corrected chi connectivity index (χ4v) is 5.21. The molecule has 1 unspecified atom stereocenters. The third-order valence-corrected chi connectivity index (χ3v) is 7.38. The number of aryl methyl sites for hydroxylation is 1. The molecule has 0 fully saturated rings. The van der Waals surface area contributed by atoms with Gasteiger partial charge in [0.1, 0.15) is 11.6 Å².